The van der Waals surface area contributed by atoms with Gasteiger partial charge >= 0.3 is 0 Å². The van der Waals surface area contributed by atoms with Crippen LogP contribution in [0.2, 0.25) is 0 Å². The third kappa shape index (κ3) is 1.95. The zero-order valence-electron chi connectivity index (χ0n) is 7.57. The Balaban J connectivity index is 2.19. The zero-order chi connectivity index (χ0) is 9.10. The third-order valence-corrected chi connectivity index (χ3v) is 3.08. The Bertz CT molecular complexity index is 320. The van der Waals surface area contributed by atoms with Crippen LogP contribution in [0.1, 0.15) is 12.5 Å². The van der Waals surface area contributed by atoms with Crippen molar-refractivity contribution in [3.8, 4) is 0 Å². The van der Waals surface area contributed by atoms with Crippen molar-refractivity contribution in [3.05, 3.63) is 35.9 Å². The quantitative estimate of drug-likeness (QED) is 0.711. The Morgan fingerprint density at radius 3 is 3.08 bits per heavy atom. The van der Waals surface area contributed by atoms with E-state index in [2.05, 4.69) is 36.4 Å². The predicted octanol–water partition coefficient (Wildman–Crippen LogP) is 3.17. The second-order valence-electron chi connectivity index (χ2n) is 2.84. The number of ether oxygens (including phenoxy) is 1. The third-order valence-electron chi connectivity index (χ3n) is 1.93. The topological polar surface area (TPSA) is 9.23 Å². The molecule has 0 spiro atoms. The van der Waals surface area contributed by atoms with Crippen molar-refractivity contribution >= 4 is 17.8 Å². The van der Waals surface area contributed by atoms with Gasteiger partial charge in [-0.2, -0.15) is 0 Å². The fourth-order valence-electron chi connectivity index (χ4n) is 1.33. The van der Waals surface area contributed by atoms with Gasteiger partial charge in [0.1, 0.15) is 5.44 Å². The fourth-order valence-corrected chi connectivity index (χ4v) is 2.37. The van der Waals surface area contributed by atoms with Crippen molar-refractivity contribution in [2.45, 2.75) is 17.3 Å². The number of hydrogen-bond acceptors (Lipinski definition) is 2. The molecule has 1 aliphatic rings. The maximum Gasteiger partial charge on any atom is 0.126 e. The molecule has 0 aliphatic carbocycles. The summed E-state index contributed by atoms with van der Waals surface area (Å²) in [6, 6.07) is 8.38. The molecule has 0 saturated carbocycles. The van der Waals surface area contributed by atoms with Crippen molar-refractivity contribution in [3.63, 3.8) is 0 Å². The van der Waals surface area contributed by atoms with Crippen LogP contribution in [0, 0.1) is 0 Å². The van der Waals surface area contributed by atoms with Gasteiger partial charge < -0.3 is 4.74 Å². The molecule has 0 N–H and O–H groups in total. The molecule has 1 aliphatic heterocycles. The highest BCUT2D eigenvalue weighted by molar-refractivity contribution is 8.00. The predicted molar refractivity (Wildman–Crippen MR) is 56.7 cm³/mol. The summed E-state index contributed by atoms with van der Waals surface area (Å²) in [6.07, 6.45) is 4.24. The Morgan fingerprint density at radius 2 is 2.23 bits per heavy atom. The Hall–Kier alpha value is -0.730. The van der Waals surface area contributed by atoms with E-state index in [1.165, 1.54) is 10.5 Å². The van der Waals surface area contributed by atoms with Gasteiger partial charge in [0.15, 0.2) is 0 Å². The van der Waals surface area contributed by atoms with Gasteiger partial charge in [-0.25, -0.2) is 0 Å². The first-order valence-electron chi connectivity index (χ1n) is 4.45. The van der Waals surface area contributed by atoms with Crippen molar-refractivity contribution in [2.24, 2.45) is 0 Å². The molecule has 2 heteroatoms. The molecule has 0 amide bonds. The lowest BCUT2D eigenvalue weighted by Crippen LogP contribution is -2.07. The number of rotatable bonds is 2. The van der Waals surface area contributed by atoms with E-state index >= 15 is 0 Å². The monoisotopic (exact) mass is 192 g/mol. The van der Waals surface area contributed by atoms with Gasteiger partial charge in [0.2, 0.25) is 0 Å². The standard InChI is InChI=1S/C11H12OS/c1-2-12-11-8-7-9-5-3-4-6-10(9)13-11/h3-8,11H,2H2,1H3/t11-/m1/s1. The van der Waals surface area contributed by atoms with E-state index in [1.807, 2.05) is 6.92 Å². The summed E-state index contributed by atoms with van der Waals surface area (Å²) in [7, 11) is 0. The van der Waals surface area contributed by atoms with E-state index in [1.54, 1.807) is 11.8 Å². The van der Waals surface area contributed by atoms with Crippen molar-refractivity contribution < 1.29 is 4.74 Å². The molecule has 0 unspecified atom stereocenters. The van der Waals surface area contributed by atoms with E-state index in [-0.39, 0.29) is 5.44 Å². The summed E-state index contributed by atoms with van der Waals surface area (Å²) in [5, 5.41) is 0. The molecule has 0 saturated heterocycles. The highest BCUT2D eigenvalue weighted by Crippen LogP contribution is 2.33. The summed E-state index contributed by atoms with van der Waals surface area (Å²) in [5.74, 6) is 0. The van der Waals surface area contributed by atoms with Crippen LogP contribution in [0.25, 0.3) is 6.08 Å². The minimum atomic E-state index is 0.194. The van der Waals surface area contributed by atoms with E-state index in [4.69, 9.17) is 4.74 Å². The van der Waals surface area contributed by atoms with Crippen LogP contribution < -0.4 is 0 Å². The fraction of sp³-hybridized carbons (Fsp3) is 0.273. The van der Waals surface area contributed by atoms with Crippen LogP contribution >= 0.6 is 11.8 Å². The van der Waals surface area contributed by atoms with Crippen LogP contribution in [0.5, 0.6) is 0 Å². The van der Waals surface area contributed by atoms with Gasteiger partial charge in [0.25, 0.3) is 0 Å². The second-order valence-corrected chi connectivity index (χ2v) is 3.98. The Kier molecular flexibility index (Phi) is 2.71. The lowest BCUT2D eigenvalue weighted by molar-refractivity contribution is 0.154. The first-order chi connectivity index (χ1) is 6.40. The van der Waals surface area contributed by atoms with E-state index in [9.17, 15) is 0 Å². The molecule has 1 aromatic rings. The molecule has 2 rings (SSSR count). The number of hydrogen-bond donors (Lipinski definition) is 0. The first kappa shape index (κ1) is 8.85. The highest BCUT2D eigenvalue weighted by Gasteiger charge is 2.12. The normalized spacial score (nSPS) is 19.9. The number of thioether (sulfide) groups is 1. The summed E-state index contributed by atoms with van der Waals surface area (Å²) in [6.45, 7) is 2.79. The van der Waals surface area contributed by atoms with Gasteiger partial charge in [-0.1, -0.05) is 36.0 Å². The van der Waals surface area contributed by atoms with Gasteiger partial charge in [0.05, 0.1) is 0 Å². The van der Waals surface area contributed by atoms with E-state index in [0.29, 0.717) is 0 Å². The van der Waals surface area contributed by atoms with Gasteiger partial charge in [0, 0.05) is 11.5 Å². The molecule has 1 aromatic carbocycles. The molecule has 0 radical (unpaired) electrons. The number of benzene rings is 1. The summed E-state index contributed by atoms with van der Waals surface area (Å²) in [4.78, 5) is 1.31. The second kappa shape index (κ2) is 3.99. The van der Waals surface area contributed by atoms with E-state index in [0.717, 1.165) is 6.61 Å². The molecule has 13 heavy (non-hydrogen) atoms. The SMILES string of the molecule is CCO[C@H]1C=Cc2ccccc2S1. The summed E-state index contributed by atoms with van der Waals surface area (Å²) >= 11 is 1.77. The molecular weight excluding hydrogens is 180 g/mol. The molecule has 0 bridgehead atoms. The molecule has 68 valence electrons. The van der Waals surface area contributed by atoms with Crippen LogP contribution in [0.4, 0.5) is 0 Å². The van der Waals surface area contributed by atoms with Crippen molar-refractivity contribution in [2.75, 3.05) is 6.61 Å². The van der Waals surface area contributed by atoms with Crippen molar-refractivity contribution in [1.82, 2.24) is 0 Å². The van der Waals surface area contributed by atoms with Gasteiger partial charge in [-0.15, -0.1) is 0 Å². The minimum Gasteiger partial charge on any atom is -0.363 e. The lowest BCUT2D eigenvalue weighted by atomic mass is 10.2. The lowest BCUT2D eigenvalue weighted by Gasteiger charge is -2.18. The average molecular weight is 192 g/mol. The summed E-state index contributed by atoms with van der Waals surface area (Å²) in [5.41, 5.74) is 1.49. The molecule has 1 atom stereocenters. The van der Waals surface area contributed by atoms with Gasteiger partial charge in [-0.05, 0) is 24.6 Å². The first-order valence-corrected chi connectivity index (χ1v) is 5.33. The number of fused-ring (bicyclic) bond motifs is 1. The molecule has 1 nitrogen and oxygen atoms in total. The van der Waals surface area contributed by atoms with Crippen LogP contribution in [0.15, 0.2) is 35.2 Å². The van der Waals surface area contributed by atoms with Gasteiger partial charge in [-0.3, -0.25) is 0 Å². The van der Waals surface area contributed by atoms with Crippen molar-refractivity contribution in [1.29, 1.82) is 0 Å². The maximum absolute atomic E-state index is 5.52. The van der Waals surface area contributed by atoms with Crippen LogP contribution in [-0.4, -0.2) is 12.0 Å². The van der Waals surface area contributed by atoms with Crippen LogP contribution in [-0.2, 0) is 4.74 Å². The maximum atomic E-state index is 5.52. The molecular formula is C11H12OS. The Morgan fingerprint density at radius 1 is 1.38 bits per heavy atom. The molecule has 0 fully saturated rings. The largest absolute Gasteiger partial charge is 0.363 e. The van der Waals surface area contributed by atoms with E-state index < -0.39 is 0 Å². The zero-order valence-corrected chi connectivity index (χ0v) is 8.38. The highest BCUT2D eigenvalue weighted by atomic mass is 32.2. The molecule has 0 aromatic heterocycles. The molecule has 1 heterocycles. The summed E-state index contributed by atoms with van der Waals surface area (Å²) < 4.78 is 5.52. The smallest absolute Gasteiger partial charge is 0.126 e. The minimum absolute atomic E-state index is 0.194. The van der Waals surface area contributed by atoms with Crippen LogP contribution in [0.3, 0.4) is 0 Å². The Labute approximate surface area is 82.8 Å². The average Bonchev–Trinajstić information content (AvgIpc) is 2.18.